The lowest BCUT2D eigenvalue weighted by Gasteiger charge is -2.11. The molecule has 2 aromatic rings. The van der Waals surface area contributed by atoms with E-state index >= 15 is 0 Å². The number of carbonyl (C=O) groups is 1. The quantitative estimate of drug-likeness (QED) is 0.504. The van der Waals surface area contributed by atoms with E-state index in [1.165, 1.54) is 24.3 Å². The number of amides is 1. The Morgan fingerprint density at radius 3 is 2.68 bits per heavy atom. The van der Waals surface area contributed by atoms with Crippen LogP contribution in [-0.4, -0.2) is 17.4 Å². The van der Waals surface area contributed by atoms with Crippen LogP contribution in [0.3, 0.4) is 0 Å². The summed E-state index contributed by atoms with van der Waals surface area (Å²) in [6.07, 6.45) is 2.69. The van der Waals surface area contributed by atoms with Crippen LogP contribution in [0.1, 0.15) is 24.2 Å². The van der Waals surface area contributed by atoms with Crippen LogP contribution in [0.15, 0.2) is 53.0 Å². The Morgan fingerprint density at radius 2 is 2.05 bits per heavy atom. The highest BCUT2D eigenvalue weighted by molar-refractivity contribution is 5.91. The summed E-state index contributed by atoms with van der Waals surface area (Å²) < 4.78 is 4.92. The van der Waals surface area contributed by atoms with E-state index < -0.39 is 4.92 Å². The minimum absolute atomic E-state index is 0.197. The van der Waals surface area contributed by atoms with Crippen molar-refractivity contribution in [2.75, 3.05) is 6.54 Å². The molecule has 0 radical (unpaired) electrons. The predicted octanol–water partition coefficient (Wildman–Crippen LogP) is 3.12. The van der Waals surface area contributed by atoms with Gasteiger partial charge in [-0.25, -0.2) is 0 Å². The van der Waals surface area contributed by atoms with Crippen LogP contribution in [0.5, 0.6) is 0 Å². The summed E-state index contributed by atoms with van der Waals surface area (Å²) in [5.41, 5.74) is 1.15. The van der Waals surface area contributed by atoms with Gasteiger partial charge in [-0.05, 0) is 23.6 Å². The van der Waals surface area contributed by atoms with E-state index in [9.17, 15) is 14.9 Å². The molecule has 1 N–H and O–H groups in total. The van der Waals surface area contributed by atoms with E-state index in [0.29, 0.717) is 6.54 Å². The zero-order chi connectivity index (χ0) is 15.9. The highest BCUT2D eigenvalue weighted by Crippen LogP contribution is 2.16. The van der Waals surface area contributed by atoms with Crippen molar-refractivity contribution in [2.24, 2.45) is 0 Å². The van der Waals surface area contributed by atoms with Gasteiger partial charge in [0.25, 0.3) is 0 Å². The SMILES string of the molecule is CC(CNC(=O)C=Cc1ccc([N+](=O)[O-])o1)c1ccccc1. The van der Waals surface area contributed by atoms with E-state index in [0.717, 1.165) is 5.56 Å². The molecule has 0 fully saturated rings. The summed E-state index contributed by atoms with van der Waals surface area (Å²) in [5.74, 6) is -0.166. The highest BCUT2D eigenvalue weighted by atomic mass is 16.6. The molecule has 6 heteroatoms. The zero-order valence-electron chi connectivity index (χ0n) is 12.1. The number of rotatable bonds is 6. The molecule has 0 saturated heterocycles. The van der Waals surface area contributed by atoms with Crippen LogP contribution in [0, 0.1) is 10.1 Å². The molecular weight excluding hydrogens is 284 g/mol. The molecule has 1 heterocycles. The number of nitro groups is 1. The second kappa shape index (κ2) is 7.21. The molecule has 1 atom stereocenters. The Bertz CT molecular complexity index is 676. The van der Waals surface area contributed by atoms with E-state index in [4.69, 9.17) is 4.42 Å². The average Bonchev–Trinajstić information content (AvgIpc) is 3.00. The predicted molar refractivity (Wildman–Crippen MR) is 82.3 cm³/mol. The fourth-order valence-corrected chi connectivity index (χ4v) is 1.90. The number of hydrogen-bond acceptors (Lipinski definition) is 4. The average molecular weight is 300 g/mol. The fourth-order valence-electron chi connectivity index (χ4n) is 1.90. The summed E-state index contributed by atoms with van der Waals surface area (Å²) in [7, 11) is 0. The molecule has 0 aliphatic heterocycles. The number of hydrogen-bond donors (Lipinski definition) is 1. The molecule has 114 valence electrons. The molecule has 1 amide bonds. The van der Waals surface area contributed by atoms with Crippen molar-refractivity contribution in [3.63, 3.8) is 0 Å². The van der Waals surface area contributed by atoms with Gasteiger partial charge in [-0.3, -0.25) is 14.9 Å². The van der Waals surface area contributed by atoms with Crippen LogP contribution in [0.25, 0.3) is 6.08 Å². The molecule has 1 unspecified atom stereocenters. The van der Waals surface area contributed by atoms with Crippen molar-refractivity contribution in [2.45, 2.75) is 12.8 Å². The molecule has 0 bridgehead atoms. The monoisotopic (exact) mass is 300 g/mol. The van der Waals surface area contributed by atoms with Gasteiger partial charge in [0.1, 0.15) is 10.7 Å². The first-order valence-corrected chi connectivity index (χ1v) is 6.81. The first kappa shape index (κ1) is 15.5. The van der Waals surface area contributed by atoms with Crippen molar-refractivity contribution in [1.82, 2.24) is 5.32 Å². The summed E-state index contributed by atoms with van der Waals surface area (Å²) in [4.78, 5) is 21.6. The Balaban J connectivity index is 1.84. The maximum atomic E-state index is 11.7. The van der Waals surface area contributed by atoms with E-state index in [-0.39, 0.29) is 23.5 Å². The van der Waals surface area contributed by atoms with Crippen LogP contribution in [0.2, 0.25) is 0 Å². The van der Waals surface area contributed by atoms with Crippen LogP contribution in [-0.2, 0) is 4.79 Å². The topological polar surface area (TPSA) is 85.4 Å². The number of furan rings is 1. The fraction of sp³-hybridized carbons (Fsp3) is 0.188. The molecule has 6 nitrogen and oxygen atoms in total. The third-order valence-corrected chi connectivity index (χ3v) is 3.14. The molecule has 22 heavy (non-hydrogen) atoms. The Labute approximate surface area is 127 Å². The Hall–Kier alpha value is -2.89. The second-order valence-corrected chi connectivity index (χ2v) is 4.82. The lowest BCUT2D eigenvalue weighted by molar-refractivity contribution is -0.402. The zero-order valence-corrected chi connectivity index (χ0v) is 12.1. The maximum absolute atomic E-state index is 11.7. The lowest BCUT2D eigenvalue weighted by atomic mass is 10.0. The van der Waals surface area contributed by atoms with Gasteiger partial charge in [-0.2, -0.15) is 0 Å². The smallest absolute Gasteiger partial charge is 0.401 e. The number of benzene rings is 1. The number of nitrogens with zero attached hydrogens (tertiary/aromatic N) is 1. The van der Waals surface area contributed by atoms with E-state index in [1.54, 1.807) is 0 Å². The van der Waals surface area contributed by atoms with Crippen molar-refractivity contribution in [3.8, 4) is 0 Å². The first-order valence-electron chi connectivity index (χ1n) is 6.81. The minimum Gasteiger partial charge on any atom is -0.401 e. The van der Waals surface area contributed by atoms with Crippen molar-refractivity contribution >= 4 is 17.9 Å². The van der Waals surface area contributed by atoms with Crippen LogP contribution in [0.4, 0.5) is 5.88 Å². The van der Waals surface area contributed by atoms with Gasteiger partial charge < -0.3 is 9.73 Å². The summed E-state index contributed by atoms with van der Waals surface area (Å²) in [5, 5.41) is 13.3. The van der Waals surface area contributed by atoms with Crippen molar-refractivity contribution in [3.05, 3.63) is 70.0 Å². The van der Waals surface area contributed by atoms with Gasteiger partial charge >= 0.3 is 5.88 Å². The molecule has 2 rings (SSSR count). The minimum atomic E-state index is -0.626. The summed E-state index contributed by atoms with van der Waals surface area (Å²) in [6.45, 7) is 2.53. The van der Waals surface area contributed by atoms with Gasteiger partial charge in [0.2, 0.25) is 5.91 Å². The molecule has 0 aliphatic rings. The summed E-state index contributed by atoms with van der Waals surface area (Å²) >= 11 is 0. The van der Waals surface area contributed by atoms with Gasteiger partial charge in [-0.1, -0.05) is 37.3 Å². The number of nitrogens with one attached hydrogen (secondary N) is 1. The molecule has 1 aromatic heterocycles. The standard InChI is InChI=1S/C16H16N2O4/c1-12(13-5-3-2-4-6-13)11-17-15(19)9-7-14-8-10-16(22-14)18(20)21/h2-10,12H,11H2,1H3,(H,17,19). The van der Waals surface area contributed by atoms with Gasteiger partial charge in [0, 0.05) is 12.6 Å². The summed E-state index contributed by atoms with van der Waals surface area (Å²) in [6, 6.07) is 12.6. The normalized spacial score (nSPS) is 12.2. The largest absolute Gasteiger partial charge is 0.433 e. The third-order valence-electron chi connectivity index (χ3n) is 3.14. The van der Waals surface area contributed by atoms with E-state index in [1.807, 2.05) is 37.3 Å². The molecule has 1 aromatic carbocycles. The van der Waals surface area contributed by atoms with Gasteiger partial charge in [0.15, 0.2) is 0 Å². The Morgan fingerprint density at radius 1 is 1.32 bits per heavy atom. The maximum Gasteiger partial charge on any atom is 0.433 e. The molecule has 0 saturated carbocycles. The molecular formula is C16H16N2O4. The second-order valence-electron chi connectivity index (χ2n) is 4.82. The van der Waals surface area contributed by atoms with Crippen molar-refractivity contribution < 1.29 is 14.1 Å². The number of carbonyl (C=O) groups excluding carboxylic acids is 1. The van der Waals surface area contributed by atoms with E-state index in [2.05, 4.69) is 5.32 Å². The van der Waals surface area contributed by atoms with Gasteiger partial charge in [0.05, 0.1) is 6.07 Å². The Kier molecular flexibility index (Phi) is 5.08. The first-order chi connectivity index (χ1) is 10.6. The third kappa shape index (κ3) is 4.31. The van der Waals surface area contributed by atoms with Crippen molar-refractivity contribution in [1.29, 1.82) is 0 Å². The molecule has 0 aliphatic carbocycles. The van der Waals surface area contributed by atoms with Crippen LogP contribution < -0.4 is 5.32 Å². The highest BCUT2D eigenvalue weighted by Gasteiger charge is 2.10. The van der Waals surface area contributed by atoms with Gasteiger partial charge in [-0.15, -0.1) is 0 Å². The van der Waals surface area contributed by atoms with Crippen LogP contribution >= 0.6 is 0 Å². The lowest BCUT2D eigenvalue weighted by Crippen LogP contribution is -2.25. The molecule has 0 spiro atoms.